The second-order valence-electron chi connectivity index (χ2n) is 11.9. The first kappa shape index (κ1) is 26.2. The molecule has 0 aromatic heterocycles. The lowest BCUT2D eigenvalue weighted by Crippen LogP contribution is -2.38. The van der Waals surface area contributed by atoms with Crippen LogP contribution in [0.3, 0.4) is 0 Å². The number of hydrogen-bond donors (Lipinski definition) is 0. The fourth-order valence-electron chi connectivity index (χ4n) is 5.85. The monoisotopic (exact) mass is 452 g/mol. The van der Waals surface area contributed by atoms with E-state index in [4.69, 9.17) is 4.74 Å². The predicted molar refractivity (Wildman–Crippen MR) is 140 cm³/mol. The summed E-state index contributed by atoms with van der Waals surface area (Å²) in [6, 6.07) is 8.04. The van der Waals surface area contributed by atoms with Crippen LogP contribution in [0, 0.1) is 17.8 Å². The topological polar surface area (TPSA) is 26.3 Å². The Hall–Kier alpha value is -1.41. The van der Waals surface area contributed by atoms with Gasteiger partial charge in [0.05, 0.1) is 5.60 Å². The molecule has 0 spiro atoms. The van der Waals surface area contributed by atoms with Gasteiger partial charge in [-0.2, -0.15) is 0 Å². The number of allylic oxidation sites excluding steroid dienone is 1. The van der Waals surface area contributed by atoms with Gasteiger partial charge in [0.2, 0.25) is 0 Å². The fourth-order valence-corrected chi connectivity index (χ4v) is 5.85. The molecule has 33 heavy (non-hydrogen) atoms. The van der Waals surface area contributed by atoms with E-state index in [-0.39, 0.29) is 17.5 Å². The maximum Gasteiger partial charge on any atom is 0.189 e. The van der Waals surface area contributed by atoms with Crippen molar-refractivity contribution in [2.45, 2.75) is 124 Å². The molecule has 1 aromatic carbocycles. The van der Waals surface area contributed by atoms with Gasteiger partial charge in [-0.1, -0.05) is 103 Å². The molecule has 0 saturated carbocycles. The van der Waals surface area contributed by atoms with E-state index in [1.807, 2.05) is 25.1 Å². The number of carbonyl (C=O) groups excluding carboxylic acids is 1. The van der Waals surface area contributed by atoms with Crippen molar-refractivity contribution in [1.29, 1.82) is 0 Å². The van der Waals surface area contributed by atoms with Crippen molar-refractivity contribution in [3.8, 4) is 0 Å². The number of ether oxygens (including phenoxy) is 1. The highest BCUT2D eigenvalue weighted by molar-refractivity contribution is 6.11. The first-order valence-electron chi connectivity index (χ1n) is 13.7. The van der Waals surface area contributed by atoms with E-state index >= 15 is 0 Å². The van der Waals surface area contributed by atoms with E-state index in [1.54, 1.807) is 0 Å². The molecule has 1 aromatic rings. The highest BCUT2D eigenvalue weighted by Gasteiger charge is 2.41. The van der Waals surface area contributed by atoms with Gasteiger partial charge >= 0.3 is 0 Å². The Labute approximate surface area is 203 Å². The Morgan fingerprint density at radius 2 is 1.55 bits per heavy atom. The molecule has 1 heterocycles. The average molecular weight is 453 g/mol. The van der Waals surface area contributed by atoms with E-state index in [1.165, 1.54) is 56.9 Å². The number of benzene rings is 1. The summed E-state index contributed by atoms with van der Waals surface area (Å²) < 4.78 is 6.76. The molecular formula is C31H48O2. The number of hydrogen-bond acceptors (Lipinski definition) is 2. The number of fused-ring (bicyclic) bond motifs is 3. The molecule has 1 aliphatic heterocycles. The summed E-state index contributed by atoms with van der Waals surface area (Å²) >= 11 is 0. The van der Waals surface area contributed by atoms with Gasteiger partial charge in [-0.25, -0.2) is 0 Å². The van der Waals surface area contributed by atoms with Crippen molar-refractivity contribution < 1.29 is 9.53 Å². The first-order chi connectivity index (χ1) is 15.7. The maximum atomic E-state index is 12.8. The van der Waals surface area contributed by atoms with E-state index in [0.717, 1.165) is 53.7 Å². The summed E-state index contributed by atoms with van der Waals surface area (Å²) in [4.78, 5) is 12.8. The SMILES string of the molecule is CC1=C2CCC(C)(CCCC(C)CCCC(C)CCCC(C)C)OC2c2ccccc2C1=O. The molecule has 0 N–H and O–H groups in total. The minimum atomic E-state index is -0.0907. The molecule has 4 atom stereocenters. The molecule has 1 fully saturated rings. The molecule has 0 radical (unpaired) electrons. The summed E-state index contributed by atoms with van der Waals surface area (Å²) in [6.07, 6.45) is 13.9. The molecule has 1 aliphatic carbocycles. The molecule has 0 amide bonds. The van der Waals surface area contributed by atoms with Crippen LogP contribution in [0.15, 0.2) is 35.4 Å². The smallest absolute Gasteiger partial charge is 0.189 e. The van der Waals surface area contributed by atoms with Crippen LogP contribution < -0.4 is 0 Å². The van der Waals surface area contributed by atoms with Gasteiger partial charge in [0.25, 0.3) is 0 Å². The lowest BCUT2D eigenvalue weighted by Gasteiger charge is -2.43. The summed E-state index contributed by atoms with van der Waals surface area (Å²) in [5.41, 5.74) is 3.94. The molecule has 1 saturated heterocycles. The Bertz CT molecular complexity index is 820. The summed E-state index contributed by atoms with van der Waals surface area (Å²) in [5, 5.41) is 0. The minimum Gasteiger partial charge on any atom is -0.363 e. The van der Waals surface area contributed by atoms with Gasteiger partial charge in [0, 0.05) is 5.56 Å². The summed E-state index contributed by atoms with van der Waals surface area (Å²) in [6.45, 7) is 13.8. The molecule has 4 unspecified atom stereocenters. The number of ketones is 1. The van der Waals surface area contributed by atoms with Crippen molar-refractivity contribution in [1.82, 2.24) is 0 Å². The quantitative estimate of drug-likeness (QED) is 0.316. The summed E-state index contributed by atoms with van der Waals surface area (Å²) in [7, 11) is 0. The Morgan fingerprint density at radius 1 is 0.939 bits per heavy atom. The van der Waals surface area contributed by atoms with E-state index < -0.39 is 0 Å². The maximum absolute atomic E-state index is 12.8. The standard InChI is InChI=1S/C31H48O2/c1-22(2)12-9-13-23(3)14-10-15-24(4)16-11-20-31(6)21-19-26-25(5)29(32)27-17-7-8-18-28(27)30(26)33-31/h7-8,17-18,22-24,30H,9-16,19-21H2,1-6H3. The molecule has 2 heteroatoms. The fraction of sp³-hybridized carbons (Fsp3) is 0.710. The summed E-state index contributed by atoms with van der Waals surface area (Å²) in [5.74, 6) is 2.70. The van der Waals surface area contributed by atoms with Crippen molar-refractivity contribution in [2.75, 3.05) is 0 Å². The molecule has 184 valence electrons. The lowest BCUT2D eigenvalue weighted by atomic mass is 9.76. The molecule has 2 aliphatic rings. The van der Waals surface area contributed by atoms with Gasteiger partial charge in [0.1, 0.15) is 6.10 Å². The van der Waals surface area contributed by atoms with Crippen molar-refractivity contribution >= 4 is 5.78 Å². The van der Waals surface area contributed by atoms with Crippen LogP contribution in [0.25, 0.3) is 0 Å². The molecular weight excluding hydrogens is 404 g/mol. The largest absolute Gasteiger partial charge is 0.363 e. The van der Waals surface area contributed by atoms with Crippen LogP contribution >= 0.6 is 0 Å². The Balaban J connectivity index is 1.43. The third-order valence-corrected chi connectivity index (χ3v) is 8.23. The van der Waals surface area contributed by atoms with Gasteiger partial charge in [-0.3, -0.25) is 4.79 Å². The van der Waals surface area contributed by atoms with E-state index in [0.29, 0.717) is 0 Å². The predicted octanol–water partition coefficient (Wildman–Crippen LogP) is 9.25. The van der Waals surface area contributed by atoms with Crippen LogP contribution in [-0.2, 0) is 4.74 Å². The average Bonchev–Trinajstić information content (AvgIpc) is 2.77. The second-order valence-corrected chi connectivity index (χ2v) is 11.9. The van der Waals surface area contributed by atoms with E-state index in [2.05, 4.69) is 40.7 Å². The number of Topliss-reactive ketones (excluding diaryl/α,β-unsaturated/α-hetero) is 1. The highest BCUT2D eigenvalue weighted by Crippen LogP contribution is 2.47. The third-order valence-electron chi connectivity index (χ3n) is 8.23. The molecule has 3 rings (SSSR count). The zero-order chi connectivity index (χ0) is 24.0. The van der Waals surface area contributed by atoms with Crippen LogP contribution in [0.2, 0.25) is 0 Å². The van der Waals surface area contributed by atoms with Crippen LogP contribution in [0.4, 0.5) is 0 Å². The van der Waals surface area contributed by atoms with Gasteiger partial charge < -0.3 is 4.74 Å². The normalized spacial score (nSPS) is 24.6. The van der Waals surface area contributed by atoms with Crippen molar-refractivity contribution in [2.24, 2.45) is 17.8 Å². The number of carbonyl (C=O) groups is 1. The van der Waals surface area contributed by atoms with Gasteiger partial charge in [0.15, 0.2) is 5.78 Å². The van der Waals surface area contributed by atoms with Crippen LogP contribution in [0.1, 0.15) is 134 Å². The highest BCUT2D eigenvalue weighted by atomic mass is 16.5. The van der Waals surface area contributed by atoms with Crippen LogP contribution in [0.5, 0.6) is 0 Å². The lowest BCUT2D eigenvalue weighted by molar-refractivity contribution is -0.102. The van der Waals surface area contributed by atoms with Crippen molar-refractivity contribution in [3.63, 3.8) is 0 Å². The van der Waals surface area contributed by atoms with Gasteiger partial charge in [-0.05, 0) is 67.6 Å². The second kappa shape index (κ2) is 11.8. The van der Waals surface area contributed by atoms with Crippen molar-refractivity contribution in [3.05, 3.63) is 46.5 Å². The Kier molecular flexibility index (Phi) is 9.39. The van der Waals surface area contributed by atoms with Crippen LogP contribution in [-0.4, -0.2) is 11.4 Å². The third kappa shape index (κ3) is 7.04. The molecule has 2 nitrogen and oxygen atoms in total. The van der Waals surface area contributed by atoms with Gasteiger partial charge in [-0.15, -0.1) is 0 Å². The van der Waals surface area contributed by atoms with E-state index in [9.17, 15) is 4.79 Å². The molecule has 0 bridgehead atoms. The first-order valence-corrected chi connectivity index (χ1v) is 13.7. The zero-order valence-corrected chi connectivity index (χ0v) is 22.2. The zero-order valence-electron chi connectivity index (χ0n) is 22.2. The number of rotatable bonds is 12. The Morgan fingerprint density at radius 3 is 2.21 bits per heavy atom. The minimum absolute atomic E-state index is 0.0349.